The molecule has 5 heteroatoms. The summed E-state index contributed by atoms with van der Waals surface area (Å²) in [5.74, 6) is 0.00144. The highest BCUT2D eigenvalue weighted by Gasteiger charge is 2.39. The lowest BCUT2D eigenvalue weighted by atomic mass is 10.1. The number of aryl methyl sites for hydroxylation is 1. The van der Waals surface area contributed by atoms with Gasteiger partial charge in [-0.15, -0.1) is 0 Å². The van der Waals surface area contributed by atoms with E-state index in [2.05, 4.69) is 4.98 Å². The molecule has 2 heterocycles. The van der Waals surface area contributed by atoms with E-state index in [0.717, 1.165) is 11.4 Å². The van der Waals surface area contributed by atoms with Crippen molar-refractivity contribution in [1.82, 2.24) is 14.8 Å². The fourth-order valence-electron chi connectivity index (χ4n) is 2.49. The number of likely N-dealkylation sites (N-methyl/N-ethyl adjacent to an activating group) is 1. The van der Waals surface area contributed by atoms with E-state index in [1.165, 1.54) is 4.90 Å². The Morgan fingerprint density at radius 2 is 1.85 bits per heavy atom. The molecule has 108 valence electrons. The van der Waals surface area contributed by atoms with Gasteiger partial charge in [0.05, 0.1) is 0 Å². The van der Waals surface area contributed by atoms with Crippen LogP contribution in [0.3, 0.4) is 0 Å². The quantitative estimate of drug-likeness (QED) is 0.827. The SMILES string of the molecule is Cc1cccc(CCN2C(=O)[C@H](C)N(C)C(=O)[C@@H]2C)n1. The summed E-state index contributed by atoms with van der Waals surface area (Å²) >= 11 is 0. The Labute approximate surface area is 119 Å². The summed E-state index contributed by atoms with van der Waals surface area (Å²) in [6, 6.07) is 5.07. The molecule has 2 rings (SSSR count). The van der Waals surface area contributed by atoms with Crippen LogP contribution >= 0.6 is 0 Å². The highest BCUT2D eigenvalue weighted by molar-refractivity contribution is 5.96. The Hall–Kier alpha value is -1.91. The predicted molar refractivity (Wildman–Crippen MR) is 76.1 cm³/mol. The van der Waals surface area contributed by atoms with Crippen molar-refractivity contribution in [2.75, 3.05) is 13.6 Å². The third-order valence-corrected chi connectivity index (χ3v) is 3.95. The van der Waals surface area contributed by atoms with Crippen molar-refractivity contribution in [3.8, 4) is 0 Å². The van der Waals surface area contributed by atoms with Gasteiger partial charge in [0.25, 0.3) is 0 Å². The molecule has 1 aliphatic heterocycles. The highest BCUT2D eigenvalue weighted by Crippen LogP contribution is 2.16. The van der Waals surface area contributed by atoms with E-state index in [4.69, 9.17) is 0 Å². The van der Waals surface area contributed by atoms with Crippen LogP contribution in [0, 0.1) is 6.92 Å². The Balaban J connectivity index is 2.08. The zero-order valence-corrected chi connectivity index (χ0v) is 12.5. The number of nitrogens with zero attached hydrogens (tertiary/aromatic N) is 3. The summed E-state index contributed by atoms with van der Waals surface area (Å²) in [5.41, 5.74) is 1.91. The molecule has 2 atom stereocenters. The molecule has 1 fully saturated rings. The molecule has 1 aromatic heterocycles. The van der Waals surface area contributed by atoms with Gasteiger partial charge in [0, 0.05) is 31.4 Å². The van der Waals surface area contributed by atoms with E-state index in [-0.39, 0.29) is 17.9 Å². The lowest BCUT2D eigenvalue weighted by Crippen LogP contribution is -2.62. The molecule has 1 aromatic rings. The van der Waals surface area contributed by atoms with Gasteiger partial charge < -0.3 is 9.80 Å². The molecule has 5 nitrogen and oxygen atoms in total. The highest BCUT2D eigenvalue weighted by atomic mass is 16.2. The van der Waals surface area contributed by atoms with Crippen molar-refractivity contribution in [2.24, 2.45) is 0 Å². The molecule has 2 amide bonds. The van der Waals surface area contributed by atoms with Crippen LogP contribution in [0.25, 0.3) is 0 Å². The second kappa shape index (κ2) is 5.61. The molecule has 0 saturated carbocycles. The largest absolute Gasteiger partial charge is 0.332 e. The molecule has 0 bridgehead atoms. The van der Waals surface area contributed by atoms with Crippen molar-refractivity contribution < 1.29 is 9.59 Å². The third-order valence-electron chi connectivity index (χ3n) is 3.95. The fraction of sp³-hybridized carbons (Fsp3) is 0.533. The van der Waals surface area contributed by atoms with Crippen LogP contribution in [0.1, 0.15) is 25.2 Å². The molecule has 0 aromatic carbocycles. The second-order valence-electron chi connectivity index (χ2n) is 5.35. The van der Waals surface area contributed by atoms with E-state index < -0.39 is 6.04 Å². The molecule has 0 unspecified atom stereocenters. The van der Waals surface area contributed by atoms with E-state index in [0.29, 0.717) is 13.0 Å². The van der Waals surface area contributed by atoms with Gasteiger partial charge in [0.15, 0.2) is 0 Å². The standard InChI is InChI=1S/C15H21N3O2/c1-10-6-5-7-13(16-10)8-9-18-12(3)14(19)17(4)11(2)15(18)20/h5-7,11-12H,8-9H2,1-4H3/t11-,12-/m0/s1. The maximum atomic E-state index is 12.3. The van der Waals surface area contributed by atoms with Crippen molar-refractivity contribution in [3.63, 3.8) is 0 Å². The number of rotatable bonds is 3. The van der Waals surface area contributed by atoms with Gasteiger partial charge in [0.1, 0.15) is 12.1 Å². The van der Waals surface area contributed by atoms with Crippen molar-refractivity contribution in [3.05, 3.63) is 29.6 Å². The average Bonchev–Trinajstić information content (AvgIpc) is 2.43. The van der Waals surface area contributed by atoms with E-state index in [9.17, 15) is 9.59 Å². The number of hydrogen-bond acceptors (Lipinski definition) is 3. The van der Waals surface area contributed by atoms with Crippen LogP contribution in [0.5, 0.6) is 0 Å². The van der Waals surface area contributed by atoms with Gasteiger partial charge >= 0.3 is 0 Å². The number of piperazine rings is 1. The topological polar surface area (TPSA) is 53.5 Å². The number of amides is 2. The predicted octanol–water partition coefficient (Wildman–Crippen LogP) is 1.01. The summed E-state index contributed by atoms with van der Waals surface area (Å²) in [5, 5.41) is 0. The lowest BCUT2D eigenvalue weighted by Gasteiger charge is -2.41. The summed E-state index contributed by atoms with van der Waals surface area (Å²) in [4.78, 5) is 32.0. The van der Waals surface area contributed by atoms with E-state index in [1.54, 1.807) is 25.8 Å². The van der Waals surface area contributed by atoms with Gasteiger partial charge in [0.2, 0.25) is 11.8 Å². The average molecular weight is 275 g/mol. The lowest BCUT2D eigenvalue weighted by molar-refractivity contribution is -0.158. The molecule has 0 N–H and O–H groups in total. The molecular weight excluding hydrogens is 254 g/mol. The maximum Gasteiger partial charge on any atom is 0.245 e. The van der Waals surface area contributed by atoms with Crippen molar-refractivity contribution in [2.45, 2.75) is 39.3 Å². The molecule has 20 heavy (non-hydrogen) atoms. The smallest absolute Gasteiger partial charge is 0.245 e. The maximum absolute atomic E-state index is 12.3. The van der Waals surface area contributed by atoms with Crippen LogP contribution in [-0.4, -0.2) is 52.3 Å². The number of carbonyl (C=O) groups excluding carboxylic acids is 2. The Bertz CT molecular complexity index is 530. The van der Waals surface area contributed by atoms with Crippen LogP contribution < -0.4 is 0 Å². The van der Waals surface area contributed by atoms with Crippen LogP contribution in [0.4, 0.5) is 0 Å². The zero-order valence-electron chi connectivity index (χ0n) is 12.5. The van der Waals surface area contributed by atoms with Crippen molar-refractivity contribution in [1.29, 1.82) is 0 Å². The Morgan fingerprint density at radius 3 is 2.50 bits per heavy atom. The normalized spacial score (nSPS) is 23.4. The first-order valence-corrected chi connectivity index (χ1v) is 6.91. The molecule has 0 radical (unpaired) electrons. The minimum absolute atomic E-state index is 0.00528. The molecule has 0 spiro atoms. The van der Waals surface area contributed by atoms with Gasteiger partial charge in [-0.1, -0.05) is 6.07 Å². The first-order chi connectivity index (χ1) is 9.41. The van der Waals surface area contributed by atoms with Crippen LogP contribution in [-0.2, 0) is 16.0 Å². The number of hydrogen-bond donors (Lipinski definition) is 0. The fourth-order valence-corrected chi connectivity index (χ4v) is 2.49. The van der Waals surface area contributed by atoms with Crippen molar-refractivity contribution >= 4 is 11.8 Å². The molecule has 1 aliphatic rings. The first-order valence-electron chi connectivity index (χ1n) is 6.91. The van der Waals surface area contributed by atoms with Crippen LogP contribution in [0.15, 0.2) is 18.2 Å². The zero-order chi connectivity index (χ0) is 14.9. The molecule has 1 saturated heterocycles. The summed E-state index contributed by atoms with van der Waals surface area (Å²) in [7, 11) is 1.68. The summed E-state index contributed by atoms with van der Waals surface area (Å²) in [6.45, 7) is 6.02. The van der Waals surface area contributed by atoms with Gasteiger partial charge in [-0.2, -0.15) is 0 Å². The van der Waals surface area contributed by atoms with Gasteiger partial charge in [-0.25, -0.2) is 0 Å². The summed E-state index contributed by atoms with van der Waals surface area (Å²) in [6.07, 6.45) is 0.668. The van der Waals surface area contributed by atoms with E-state index in [1.807, 2.05) is 25.1 Å². The van der Waals surface area contributed by atoms with Gasteiger partial charge in [-0.05, 0) is 32.9 Å². The van der Waals surface area contributed by atoms with Crippen LogP contribution in [0.2, 0.25) is 0 Å². The third kappa shape index (κ3) is 2.66. The number of pyridine rings is 1. The monoisotopic (exact) mass is 275 g/mol. The summed E-state index contributed by atoms with van der Waals surface area (Å²) < 4.78 is 0. The molecular formula is C15H21N3O2. The Morgan fingerprint density at radius 1 is 1.15 bits per heavy atom. The number of aromatic nitrogens is 1. The number of carbonyl (C=O) groups is 2. The second-order valence-corrected chi connectivity index (χ2v) is 5.35. The molecule has 0 aliphatic carbocycles. The Kier molecular flexibility index (Phi) is 4.06. The van der Waals surface area contributed by atoms with E-state index >= 15 is 0 Å². The first kappa shape index (κ1) is 14.5. The van der Waals surface area contributed by atoms with Gasteiger partial charge in [-0.3, -0.25) is 14.6 Å². The minimum Gasteiger partial charge on any atom is -0.332 e. The minimum atomic E-state index is -0.395.